The summed E-state index contributed by atoms with van der Waals surface area (Å²) in [5.74, 6) is 1.03. The quantitative estimate of drug-likeness (QED) is 0.677. The van der Waals surface area contributed by atoms with Crippen LogP contribution in [0.5, 0.6) is 17.2 Å². The zero-order valence-electron chi connectivity index (χ0n) is 14.8. The summed E-state index contributed by atoms with van der Waals surface area (Å²) >= 11 is 6.82. The van der Waals surface area contributed by atoms with Gasteiger partial charge in [0.2, 0.25) is 0 Å². The second kappa shape index (κ2) is 7.94. The number of carbonyl (C=O) groups is 2. The highest BCUT2D eigenvalue weighted by Crippen LogP contribution is 2.41. The van der Waals surface area contributed by atoms with E-state index in [1.807, 2.05) is 0 Å². The number of amides is 2. The number of methoxy groups -OCH3 is 3. The number of halogens is 1. The molecule has 0 atom stereocenters. The van der Waals surface area contributed by atoms with Crippen molar-refractivity contribution < 1.29 is 23.8 Å². The molecule has 0 aliphatic carbocycles. The third kappa shape index (κ3) is 3.74. The third-order valence-electron chi connectivity index (χ3n) is 3.89. The summed E-state index contributed by atoms with van der Waals surface area (Å²) in [6.45, 7) is 0. The predicted molar refractivity (Wildman–Crippen MR) is 106 cm³/mol. The normalized spacial score (nSPS) is 15.4. The SMILES string of the molecule is COc1cc(OC)c(/C=C2/SC(=O)N(c3cccc(Cl)c3)C2=O)c(OC)c1. The predicted octanol–water partition coefficient (Wildman–Crippen LogP) is 4.61. The van der Waals surface area contributed by atoms with Crippen LogP contribution in [0, 0.1) is 0 Å². The summed E-state index contributed by atoms with van der Waals surface area (Å²) in [4.78, 5) is 26.6. The first-order chi connectivity index (χ1) is 13.0. The van der Waals surface area contributed by atoms with E-state index in [0.29, 0.717) is 33.5 Å². The molecule has 2 amide bonds. The second-order valence-corrected chi connectivity index (χ2v) is 6.87. The molecular formula is C19H16ClNO5S. The monoisotopic (exact) mass is 405 g/mol. The Hall–Kier alpha value is -2.64. The number of ether oxygens (including phenoxy) is 3. The van der Waals surface area contributed by atoms with E-state index in [0.717, 1.165) is 16.7 Å². The average molecular weight is 406 g/mol. The number of carbonyl (C=O) groups excluding carboxylic acids is 2. The van der Waals surface area contributed by atoms with Crippen LogP contribution in [0.1, 0.15) is 5.56 Å². The van der Waals surface area contributed by atoms with Gasteiger partial charge in [0.05, 0.1) is 37.5 Å². The smallest absolute Gasteiger partial charge is 0.298 e. The van der Waals surface area contributed by atoms with Crippen LogP contribution in [-0.2, 0) is 4.79 Å². The van der Waals surface area contributed by atoms with Crippen LogP contribution in [0.2, 0.25) is 5.02 Å². The number of rotatable bonds is 5. The zero-order valence-corrected chi connectivity index (χ0v) is 16.4. The van der Waals surface area contributed by atoms with Crippen LogP contribution in [-0.4, -0.2) is 32.5 Å². The standard InChI is InChI=1S/C19H16ClNO5S/c1-24-13-8-15(25-2)14(16(9-13)26-3)10-17-18(22)21(19(23)27-17)12-6-4-5-11(20)7-12/h4-10H,1-3H3/b17-10+. The van der Waals surface area contributed by atoms with Crippen molar-refractivity contribution in [2.75, 3.05) is 26.2 Å². The van der Waals surface area contributed by atoms with Gasteiger partial charge >= 0.3 is 0 Å². The van der Waals surface area contributed by atoms with Gasteiger partial charge in [0.25, 0.3) is 11.1 Å². The molecule has 2 aromatic rings. The van der Waals surface area contributed by atoms with Crippen molar-refractivity contribution in [1.29, 1.82) is 0 Å². The molecule has 140 valence electrons. The van der Waals surface area contributed by atoms with Crippen LogP contribution in [0.25, 0.3) is 6.08 Å². The number of hydrogen-bond donors (Lipinski definition) is 0. The van der Waals surface area contributed by atoms with Gasteiger partial charge in [0.15, 0.2) is 0 Å². The molecule has 8 heteroatoms. The molecule has 6 nitrogen and oxygen atoms in total. The van der Waals surface area contributed by atoms with Crippen molar-refractivity contribution in [3.05, 3.63) is 51.9 Å². The van der Waals surface area contributed by atoms with Crippen molar-refractivity contribution in [1.82, 2.24) is 0 Å². The minimum Gasteiger partial charge on any atom is -0.496 e. The number of hydrogen-bond acceptors (Lipinski definition) is 6. The minimum absolute atomic E-state index is 0.252. The fourth-order valence-electron chi connectivity index (χ4n) is 2.61. The molecule has 0 spiro atoms. The largest absolute Gasteiger partial charge is 0.496 e. The van der Waals surface area contributed by atoms with Gasteiger partial charge in [-0.25, -0.2) is 4.90 Å². The lowest BCUT2D eigenvalue weighted by Crippen LogP contribution is -2.27. The van der Waals surface area contributed by atoms with Gasteiger partial charge in [-0.3, -0.25) is 9.59 Å². The Bertz CT molecular complexity index is 918. The Labute approximate surface area is 165 Å². The van der Waals surface area contributed by atoms with E-state index < -0.39 is 11.1 Å². The maximum atomic E-state index is 12.8. The van der Waals surface area contributed by atoms with Crippen molar-refractivity contribution in [2.45, 2.75) is 0 Å². The highest BCUT2D eigenvalue weighted by molar-refractivity contribution is 8.19. The Morgan fingerprint density at radius 2 is 1.67 bits per heavy atom. The molecule has 0 radical (unpaired) electrons. The summed E-state index contributed by atoms with van der Waals surface area (Å²) in [6.07, 6.45) is 1.58. The Kier molecular flexibility index (Phi) is 5.62. The molecule has 0 N–H and O–H groups in total. The van der Waals surface area contributed by atoms with Gasteiger partial charge in [0, 0.05) is 17.2 Å². The van der Waals surface area contributed by atoms with Crippen molar-refractivity contribution in [2.24, 2.45) is 0 Å². The second-order valence-electron chi connectivity index (χ2n) is 5.44. The molecule has 2 aromatic carbocycles. The van der Waals surface area contributed by atoms with Crippen LogP contribution >= 0.6 is 23.4 Å². The summed E-state index contributed by atoms with van der Waals surface area (Å²) in [5, 5.41) is 0.0361. The number of thioether (sulfide) groups is 1. The van der Waals surface area contributed by atoms with E-state index >= 15 is 0 Å². The Balaban J connectivity index is 2.04. The molecule has 1 fully saturated rings. The van der Waals surface area contributed by atoms with Crippen molar-refractivity contribution in [3.63, 3.8) is 0 Å². The summed E-state index contributed by atoms with van der Waals surface area (Å²) in [5.41, 5.74) is 0.958. The average Bonchev–Trinajstić information content (AvgIpc) is 2.95. The first kappa shape index (κ1) is 19.1. The fraction of sp³-hybridized carbons (Fsp3) is 0.158. The van der Waals surface area contributed by atoms with Gasteiger partial charge in [-0.05, 0) is 36.0 Å². The lowest BCUT2D eigenvalue weighted by molar-refractivity contribution is -0.113. The van der Waals surface area contributed by atoms with E-state index in [4.69, 9.17) is 25.8 Å². The van der Waals surface area contributed by atoms with Crippen molar-refractivity contribution in [3.8, 4) is 17.2 Å². The highest BCUT2D eigenvalue weighted by atomic mass is 35.5. The fourth-order valence-corrected chi connectivity index (χ4v) is 3.62. The lowest BCUT2D eigenvalue weighted by Gasteiger charge is -2.13. The molecule has 0 aromatic heterocycles. The van der Waals surface area contributed by atoms with E-state index in [-0.39, 0.29) is 4.91 Å². The minimum atomic E-state index is -0.438. The lowest BCUT2D eigenvalue weighted by atomic mass is 10.1. The summed E-state index contributed by atoms with van der Waals surface area (Å²) in [6, 6.07) is 9.92. The van der Waals surface area contributed by atoms with Crippen LogP contribution in [0.15, 0.2) is 41.3 Å². The maximum absolute atomic E-state index is 12.8. The van der Waals surface area contributed by atoms with Gasteiger partial charge in [-0.15, -0.1) is 0 Å². The number of benzene rings is 2. The van der Waals surface area contributed by atoms with E-state index in [2.05, 4.69) is 0 Å². The third-order valence-corrected chi connectivity index (χ3v) is 4.99. The topological polar surface area (TPSA) is 65.1 Å². The molecule has 1 aliphatic rings. The van der Waals surface area contributed by atoms with Crippen LogP contribution in [0.3, 0.4) is 0 Å². The van der Waals surface area contributed by atoms with E-state index in [1.165, 1.54) is 21.3 Å². The van der Waals surface area contributed by atoms with Gasteiger partial charge in [-0.2, -0.15) is 0 Å². The summed E-state index contributed by atoms with van der Waals surface area (Å²) < 4.78 is 16.0. The number of nitrogens with zero attached hydrogens (tertiary/aromatic N) is 1. The van der Waals surface area contributed by atoms with Gasteiger partial charge in [0.1, 0.15) is 17.2 Å². The maximum Gasteiger partial charge on any atom is 0.298 e. The Morgan fingerprint density at radius 1 is 1.00 bits per heavy atom. The van der Waals surface area contributed by atoms with Crippen LogP contribution < -0.4 is 19.1 Å². The molecule has 0 saturated carbocycles. The molecule has 0 unspecified atom stereocenters. The van der Waals surface area contributed by atoms with Crippen molar-refractivity contribution >= 4 is 46.3 Å². The molecule has 1 heterocycles. The highest BCUT2D eigenvalue weighted by Gasteiger charge is 2.36. The van der Waals surface area contributed by atoms with E-state index in [9.17, 15) is 9.59 Å². The number of imide groups is 1. The molecular weight excluding hydrogens is 390 g/mol. The van der Waals surface area contributed by atoms with Gasteiger partial charge in [-0.1, -0.05) is 17.7 Å². The van der Waals surface area contributed by atoms with E-state index in [1.54, 1.807) is 42.5 Å². The molecule has 27 heavy (non-hydrogen) atoms. The zero-order chi connectivity index (χ0) is 19.6. The molecule has 3 rings (SSSR count). The van der Waals surface area contributed by atoms with Gasteiger partial charge < -0.3 is 14.2 Å². The number of anilines is 1. The summed E-state index contributed by atoms with van der Waals surface area (Å²) in [7, 11) is 4.54. The Morgan fingerprint density at radius 3 is 2.22 bits per heavy atom. The first-order valence-corrected chi connectivity index (χ1v) is 9.01. The molecule has 0 bridgehead atoms. The molecule has 1 aliphatic heterocycles. The first-order valence-electron chi connectivity index (χ1n) is 7.82. The molecule has 1 saturated heterocycles. The van der Waals surface area contributed by atoms with Crippen LogP contribution in [0.4, 0.5) is 10.5 Å².